The average Bonchev–Trinajstić information content (AvgIpc) is 3.20. The summed E-state index contributed by atoms with van der Waals surface area (Å²) in [5, 5.41) is 10.3. The lowest BCUT2D eigenvalue weighted by molar-refractivity contribution is -0.160. The van der Waals surface area contributed by atoms with E-state index in [9.17, 15) is 19.5 Å². The van der Waals surface area contributed by atoms with Crippen LogP contribution in [0.15, 0.2) is 60.7 Å². The van der Waals surface area contributed by atoms with Crippen molar-refractivity contribution in [3.63, 3.8) is 0 Å². The molecular weight excluding hydrogens is 444 g/mol. The highest BCUT2D eigenvalue weighted by atomic mass is 16.6. The van der Waals surface area contributed by atoms with Crippen molar-refractivity contribution in [1.29, 1.82) is 0 Å². The van der Waals surface area contributed by atoms with E-state index in [0.717, 1.165) is 43.2 Å². The number of piperazine rings is 1. The number of hydrogen-bond acceptors (Lipinski definition) is 4. The molecule has 3 atom stereocenters. The first-order valence-corrected chi connectivity index (χ1v) is 12.6. The third-order valence-corrected chi connectivity index (χ3v) is 8.03. The highest BCUT2D eigenvalue weighted by molar-refractivity contribution is 5.93. The van der Waals surface area contributed by atoms with Crippen molar-refractivity contribution >= 4 is 18.0 Å². The Bertz CT molecular complexity index is 1070. The fraction of sp³-hybridized carbons (Fsp3) is 0.464. The second-order valence-corrected chi connectivity index (χ2v) is 10.00. The highest BCUT2D eigenvalue weighted by Gasteiger charge is 2.56. The van der Waals surface area contributed by atoms with Crippen LogP contribution in [0.4, 0.5) is 4.79 Å². The summed E-state index contributed by atoms with van der Waals surface area (Å²) in [7, 11) is 0. The molecule has 0 aromatic heterocycles. The molecule has 5 rings (SSSR count). The first kappa shape index (κ1) is 23.4. The van der Waals surface area contributed by atoms with Crippen LogP contribution in [0.1, 0.15) is 56.1 Å². The SMILES string of the molecule is O=C(O)[C@@H]1[C@H]2CCC(CN1C(=O)C1(c3ccccc3)CCCCC1)N2C(=O)OCc1ccccc1. The maximum absolute atomic E-state index is 14.2. The molecule has 35 heavy (non-hydrogen) atoms. The van der Waals surface area contributed by atoms with Gasteiger partial charge in [-0.2, -0.15) is 0 Å². The molecular formula is C28H32N2O5. The zero-order valence-corrected chi connectivity index (χ0v) is 19.8. The molecule has 2 aliphatic heterocycles. The normalized spacial score (nSPS) is 25.2. The van der Waals surface area contributed by atoms with Crippen molar-refractivity contribution in [2.24, 2.45) is 0 Å². The monoisotopic (exact) mass is 476 g/mol. The topological polar surface area (TPSA) is 87.2 Å². The van der Waals surface area contributed by atoms with Crippen molar-refractivity contribution in [3.05, 3.63) is 71.8 Å². The Morgan fingerprint density at radius 2 is 1.57 bits per heavy atom. The molecule has 2 heterocycles. The predicted octanol–water partition coefficient (Wildman–Crippen LogP) is 4.35. The summed E-state index contributed by atoms with van der Waals surface area (Å²) in [6.45, 7) is 0.356. The fourth-order valence-corrected chi connectivity index (χ4v) is 6.35. The first-order chi connectivity index (χ1) is 17.0. The number of benzene rings is 2. The smallest absolute Gasteiger partial charge is 0.410 e. The molecule has 1 N–H and O–H groups in total. The Morgan fingerprint density at radius 1 is 0.914 bits per heavy atom. The third kappa shape index (κ3) is 4.28. The lowest BCUT2D eigenvalue weighted by atomic mass is 9.68. The van der Waals surface area contributed by atoms with E-state index >= 15 is 0 Å². The molecule has 3 fully saturated rings. The van der Waals surface area contributed by atoms with Gasteiger partial charge in [-0.1, -0.05) is 79.9 Å². The van der Waals surface area contributed by atoms with E-state index in [-0.39, 0.29) is 25.1 Å². The number of hydrogen-bond donors (Lipinski definition) is 1. The maximum Gasteiger partial charge on any atom is 0.410 e. The molecule has 1 saturated carbocycles. The van der Waals surface area contributed by atoms with Gasteiger partial charge in [0, 0.05) is 6.54 Å². The summed E-state index contributed by atoms with van der Waals surface area (Å²) in [6.07, 6.45) is 5.11. The van der Waals surface area contributed by atoms with Crippen molar-refractivity contribution in [2.75, 3.05) is 6.54 Å². The number of nitrogens with zero attached hydrogens (tertiary/aromatic N) is 2. The summed E-state index contributed by atoms with van der Waals surface area (Å²) in [5.41, 5.74) is 1.13. The molecule has 2 amide bonds. The first-order valence-electron chi connectivity index (χ1n) is 12.6. The molecule has 7 heteroatoms. The largest absolute Gasteiger partial charge is 0.480 e. The van der Waals surface area contributed by atoms with Gasteiger partial charge in [0.25, 0.3) is 0 Å². The van der Waals surface area contributed by atoms with Gasteiger partial charge in [-0.25, -0.2) is 9.59 Å². The van der Waals surface area contributed by atoms with Crippen molar-refractivity contribution in [2.45, 2.75) is 75.1 Å². The standard InChI is InChI=1S/C28H32N2O5/c31-25(32)24-23-15-14-22(30(23)27(34)35-19-20-10-4-1-5-11-20)18-29(24)26(33)28(16-8-3-9-17-28)21-12-6-2-7-13-21/h1-2,4-7,10-13,22-24H,3,8-9,14-19H2,(H,31,32)/t22?,23-,24+/m1/s1. The molecule has 7 nitrogen and oxygen atoms in total. The maximum atomic E-state index is 14.2. The molecule has 2 saturated heterocycles. The van der Waals surface area contributed by atoms with Gasteiger partial charge in [0.1, 0.15) is 12.6 Å². The average molecular weight is 477 g/mol. The Hall–Kier alpha value is -3.35. The predicted molar refractivity (Wildman–Crippen MR) is 130 cm³/mol. The van der Waals surface area contributed by atoms with E-state index in [1.165, 1.54) is 0 Å². The molecule has 0 radical (unpaired) electrons. The second kappa shape index (κ2) is 9.72. The Balaban J connectivity index is 1.40. The number of carboxylic acid groups (broad SMARTS) is 1. The molecule has 184 valence electrons. The minimum absolute atomic E-state index is 0.106. The van der Waals surface area contributed by atoms with E-state index in [4.69, 9.17) is 4.74 Å². The van der Waals surface area contributed by atoms with E-state index < -0.39 is 29.6 Å². The lowest BCUT2D eigenvalue weighted by Gasteiger charge is -2.48. The highest BCUT2D eigenvalue weighted by Crippen LogP contribution is 2.44. The Kier molecular flexibility index (Phi) is 6.50. The molecule has 2 bridgehead atoms. The molecule has 2 aromatic rings. The van der Waals surface area contributed by atoms with Gasteiger partial charge in [-0.15, -0.1) is 0 Å². The summed E-state index contributed by atoms with van der Waals surface area (Å²) >= 11 is 0. The van der Waals surface area contributed by atoms with E-state index in [0.29, 0.717) is 12.8 Å². The van der Waals surface area contributed by atoms with E-state index in [1.807, 2.05) is 60.7 Å². The quantitative estimate of drug-likeness (QED) is 0.693. The number of carbonyl (C=O) groups is 3. The molecule has 1 unspecified atom stereocenters. The molecule has 0 spiro atoms. The minimum atomic E-state index is -1.08. The number of carboxylic acids is 1. The number of likely N-dealkylation sites (tertiary alicyclic amines) is 1. The summed E-state index contributed by atoms with van der Waals surface area (Å²) in [6, 6.07) is 17.3. The number of rotatable bonds is 5. The van der Waals surface area contributed by atoms with Gasteiger partial charge in [-0.05, 0) is 36.8 Å². The van der Waals surface area contributed by atoms with Gasteiger partial charge in [0.15, 0.2) is 0 Å². The van der Waals surface area contributed by atoms with Crippen molar-refractivity contribution in [3.8, 4) is 0 Å². The summed E-state index contributed by atoms with van der Waals surface area (Å²) in [4.78, 5) is 43.0. The number of aliphatic carboxylic acids is 1. The van der Waals surface area contributed by atoms with Crippen LogP contribution < -0.4 is 0 Å². The Labute approximate surface area is 205 Å². The van der Waals surface area contributed by atoms with Gasteiger partial charge < -0.3 is 14.7 Å². The lowest BCUT2D eigenvalue weighted by Crippen LogP contribution is -2.67. The van der Waals surface area contributed by atoms with Crippen LogP contribution in [-0.2, 0) is 26.3 Å². The molecule has 1 aliphatic carbocycles. The van der Waals surface area contributed by atoms with E-state index in [1.54, 1.807) is 9.80 Å². The van der Waals surface area contributed by atoms with Crippen LogP contribution in [-0.4, -0.2) is 57.5 Å². The van der Waals surface area contributed by atoms with Gasteiger partial charge in [-0.3, -0.25) is 9.69 Å². The third-order valence-electron chi connectivity index (χ3n) is 8.03. The zero-order valence-electron chi connectivity index (χ0n) is 19.8. The van der Waals surface area contributed by atoms with Gasteiger partial charge in [0.2, 0.25) is 5.91 Å². The Morgan fingerprint density at radius 3 is 2.23 bits per heavy atom. The zero-order chi connectivity index (χ0) is 24.4. The van der Waals surface area contributed by atoms with Gasteiger partial charge >= 0.3 is 12.1 Å². The van der Waals surface area contributed by atoms with Crippen LogP contribution >= 0.6 is 0 Å². The van der Waals surface area contributed by atoms with Crippen LogP contribution in [0.2, 0.25) is 0 Å². The molecule has 2 aromatic carbocycles. The summed E-state index contributed by atoms with van der Waals surface area (Å²) in [5.74, 6) is -1.17. The van der Waals surface area contributed by atoms with Crippen molar-refractivity contribution in [1.82, 2.24) is 9.80 Å². The number of amides is 2. The van der Waals surface area contributed by atoms with Crippen LogP contribution in [0.3, 0.4) is 0 Å². The minimum Gasteiger partial charge on any atom is -0.480 e. The van der Waals surface area contributed by atoms with Crippen LogP contribution in [0.5, 0.6) is 0 Å². The van der Waals surface area contributed by atoms with Crippen LogP contribution in [0, 0.1) is 0 Å². The second-order valence-electron chi connectivity index (χ2n) is 10.00. The van der Waals surface area contributed by atoms with Crippen molar-refractivity contribution < 1.29 is 24.2 Å². The molecule has 3 aliphatic rings. The summed E-state index contributed by atoms with van der Waals surface area (Å²) < 4.78 is 5.57. The number of fused-ring (bicyclic) bond motifs is 2. The number of carbonyl (C=O) groups excluding carboxylic acids is 2. The fourth-order valence-electron chi connectivity index (χ4n) is 6.35. The number of ether oxygens (including phenoxy) is 1. The van der Waals surface area contributed by atoms with Gasteiger partial charge in [0.05, 0.1) is 17.5 Å². The van der Waals surface area contributed by atoms with Crippen LogP contribution in [0.25, 0.3) is 0 Å². The van der Waals surface area contributed by atoms with E-state index in [2.05, 4.69) is 0 Å².